The van der Waals surface area contributed by atoms with Gasteiger partial charge in [0.05, 0.1) is 26.3 Å². The van der Waals surface area contributed by atoms with Gasteiger partial charge >= 0.3 is 6.18 Å². The third-order valence-corrected chi connectivity index (χ3v) is 2.34. The standard InChI is InChI=1S/C11H14F3NO3/c1-18-10-3-2-7(4-9(10)17)8(5-16)15-6-11(12,13)14/h2-4,8,15-17H,5-6H2,1H3. The van der Waals surface area contributed by atoms with Gasteiger partial charge in [-0.25, -0.2) is 0 Å². The molecule has 1 aromatic rings. The van der Waals surface area contributed by atoms with E-state index in [1.54, 1.807) is 0 Å². The zero-order valence-corrected chi connectivity index (χ0v) is 9.66. The molecule has 1 aromatic carbocycles. The van der Waals surface area contributed by atoms with Gasteiger partial charge in [0.1, 0.15) is 0 Å². The summed E-state index contributed by atoms with van der Waals surface area (Å²) in [5, 5.41) is 20.7. The summed E-state index contributed by atoms with van der Waals surface area (Å²) in [5.41, 5.74) is 0.347. The lowest BCUT2D eigenvalue weighted by Gasteiger charge is -2.18. The minimum absolute atomic E-state index is 0.192. The third-order valence-electron chi connectivity index (χ3n) is 2.34. The number of phenolic OH excluding ortho intramolecular Hbond substituents is 1. The van der Waals surface area contributed by atoms with Gasteiger partial charge in [-0.05, 0) is 17.7 Å². The number of methoxy groups -OCH3 is 1. The minimum Gasteiger partial charge on any atom is -0.504 e. The molecule has 0 saturated carbocycles. The van der Waals surface area contributed by atoms with Crippen LogP contribution in [0.15, 0.2) is 18.2 Å². The van der Waals surface area contributed by atoms with Gasteiger partial charge in [-0.3, -0.25) is 5.32 Å². The molecule has 0 spiro atoms. The second-order valence-electron chi connectivity index (χ2n) is 3.66. The van der Waals surface area contributed by atoms with Crippen molar-refractivity contribution in [3.8, 4) is 11.5 Å². The van der Waals surface area contributed by atoms with Gasteiger partial charge < -0.3 is 14.9 Å². The van der Waals surface area contributed by atoms with Gasteiger partial charge in [0.15, 0.2) is 11.5 Å². The van der Waals surface area contributed by atoms with Crippen LogP contribution in [0.1, 0.15) is 11.6 Å². The fourth-order valence-corrected chi connectivity index (χ4v) is 1.45. The molecule has 4 nitrogen and oxygen atoms in total. The van der Waals surface area contributed by atoms with Crippen LogP contribution < -0.4 is 10.1 Å². The van der Waals surface area contributed by atoms with E-state index in [1.807, 2.05) is 0 Å². The van der Waals surface area contributed by atoms with Crippen molar-refractivity contribution >= 4 is 0 Å². The molecule has 0 aliphatic carbocycles. The molecule has 1 unspecified atom stereocenters. The van der Waals surface area contributed by atoms with Crippen molar-refractivity contribution in [3.63, 3.8) is 0 Å². The topological polar surface area (TPSA) is 61.7 Å². The number of halogens is 3. The molecule has 0 amide bonds. The number of nitrogens with one attached hydrogen (secondary N) is 1. The van der Waals surface area contributed by atoms with E-state index in [4.69, 9.17) is 9.84 Å². The molecule has 0 aromatic heterocycles. The normalized spacial score (nSPS) is 13.4. The van der Waals surface area contributed by atoms with Gasteiger partial charge in [0, 0.05) is 0 Å². The maximum absolute atomic E-state index is 12.1. The molecule has 7 heteroatoms. The zero-order chi connectivity index (χ0) is 13.8. The fraction of sp³-hybridized carbons (Fsp3) is 0.455. The largest absolute Gasteiger partial charge is 0.504 e. The number of aliphatic hydroxyl groups excluding tert-OH is 1. The summed E-state index contributed by atoms with van der Waals surface area (Å²) in [6.45, 7) is -1.73. The average molecular weight is 265 g/mol. The Balaban J connectivity index is 2.79. The summed E-state index contributed by atoms with van der Waals surface area (Å²) < 4.78 is 41.0. The van der Waals surface area contributed by atoms with Gasteiger partial charge in [-0.15, -0.1) is 0 Å². The van der Waals surface area contributed by atoms with Crippen molar-refractivity contribution in [2.24, 2.45) is 0 Å². The maximum atomic E-state index is 12.1. The van der Waals surface area contributed by atoms with E-state index in [9.17, 15) is 18.3 Å². The molecule has 0 aliphatic heterocycles. The second kappa shape index (κ2) is 5.92. The average Bonchev–Trinajstić information content (AvgIpc) is 2.28. The molecule has 0 saturated heterocycles. The first-order valence-electron chi connectivity index (χ1n) is 5.15. The Morgan fingerprint density at radius 1 is 1.39 bits per heavy atom. The first-order chi connectivity index (χ1) is 8.37. The number of ether oxygens (including phenoxy) is 1. The number of rotatable bonds is 5. The highest BCUT2D eigenvalue weighted by molar-refractivity contribution is 5.42. The molecule has 0 heterocycles. The summed E-state index contributed by atoms with van der Waals surface area (Å²) in [6, 6.07) is 3.25. The van der Waals surface area contributed by atoms with Crippen molar-refractivity contribution in [3.05, 3.63) is 23.8 Å². The second-order valence-corrected chi connectivity index (χ2v) is 3.66. The number of hydrogen-bond donors (Lipinski definition) is 3. The van der Waals surface area contributed by atoms with Crippen LogP contribution >= 0.6 is 0 Å². The van der Waals surface area contributed by atoms with Crippen molar-refractivity contribution in [2.75, 3.05) is 20.3 Å². The van der Waals surface area contributed by atoms with Crippen molar-refractivity contribution in [1.82, 2.24) is 5.32 Å². The predicted molar refractivity (Wildman–Crippen MR) is 58.5 cm³/mol. The van der Waals surface area contributed by atoms with Gasteiger partial charge in [0.2, 0.25) is 0 Å². The quantitative estimate of drug-likeness (QED) is 0.756. The highest BCUT2D eigenvalue weighted by Gasteiger charge is 2.28. The highest BCUT2D eigenvalue weighted by atomic mass is 19.4. The molecule has 0 bridgehead atoms. The van der Waals surface area contributed by atoms with Crippen LogP contribution in [0.25, 0.3) is 0 Å². The van der Waals surface area contributed by atoms with E-state index in [2.05, 4.69) is 5.32 Å². The molecular weight excluding hydrogens is 251 g/mol. The number of hydrogen-bond acceptors (Lipinski definition) is 4. The van der Waals surface area contributed by atoms with Crippen LogP contribution in [-0.2, 0) is 0 Å². The summed E-state index contributed by atoms with van der Waals surface area (Å²) in [7, 11) is 1.36. The number of aromatic hydroxyl groups is 1. The molecular formula is C11H14F3NO3. The molecule has 1 atom stereocenters. The molecule has 3 N–H and O–H groups in total. The highest BCUT2D eigenvalue weighted by Crippen LogP contribution is 2.29. The van der Waals surface area contributed by atoms with Crippen molar-refractivity contribution in [2.45, 2.75) is 12.2 Å². The third kappa shape index (κ3) is 4.08. The van der Waals surface area contributed by atoms with Crippen LogP contribution in [0.4, 0.5) is 13.2 Å². The molecule has 1 rings (SSSR count). The van der Waals surface area contributed by atoms with Crippen molar-refractivity contribution in [1.29, 1.82) is 0 Å². The lowest BCUT2D eigenvalue weighted by Crippen LogP contribution is -2.33. The Bertz CT molecular complexity index is 396. The SMILES string of the molecule is COc1ccc(C(CO)NCC(F)(F)F)cc1O. The molecule has 0 aliphatic rings. The van der Waals surface area contributed by atoms with Gasteiger partial charge in [0.25, 0.3) is 0 Å². The number of aliphatic hydroxyl groups is 1. The van der Waals surface area contributed by atoms with E-state index >= 15 is 0 Å². The Hall–Kier alpha value is -1.47. The van der Waals surface area contributed by atoms with Crippen LogP contribution in [0.2, 0.25) is 0 Å². The first-order valence-corrected chi connectivity index (χ1v) is 5.15. The summed E-state index contributed by atoms with van der Waals surface area (Å²) in [6.07, 6.45) is -4.36. The molecule has 102 valence electrons. The van der Waals surface area contributed by atoms with Crippen LogP contribution in [0.5, 0.6) is 11.5 Å². The van der Waals surface area contributed by atoms with E-state index in [0.717, 1.165) is 0 Å². The van der Waals surface area contributed by atoms with E-state index < -0.39 is 25.4 Å². The Kier molecular flexibility index (Phi) is 4.80. The molecule has 18 heavy (non-hydrogen) atoms. The zero-order valence-electron chi connectivity index (χ0n) is 9.66. The number of benzene rings is 1. The first kappa shape index (κ1) is 14.6. The number of alkyl halides is 3. The Morgan fingerprint density at radius 3 is 2.50 bits per heavy atom. The predicted octanol–water partition coefficient (Wildman–Crippen LogP) is 1.59. The smallest absolute Gasteiger partial charge is 0.401 e. The minimum atomic E-state index is -4.36. The summed E-state index contributed by atoms with van der Waals surface area (Å²) in [4.78, 5) is 0. The van der Waals surface area contributed by atoms with Crippen LogP contribution in [-0.4, -0.2) is 36.7 Å². The van der Waals surface area contributed by atoms with Crippen LogP contribution in [0, 0.1) is 0 Å². The number of phenols is 1. The summed E-state index contributed by atoms with van der Waals surface area (Å²) in [5.74, 6) is 0.0218. The summed E-state index contributed by atoms with van der Waals surface area (Å²) >= 11 is 0. The van der Waals surface area contributed by atoms with E-state index in [0.29, 0.717) is 5.56 Å². The van der Waals surface area contributed by atoms with Gasteiger partial charge in [-0.1, -0.05) is 6.07 Å². The fourth-order valence-electron chi connectivity index (χ4n) is 1.45. The van der Waals surface area contributed by atoms with Gasteiger partial charge in [-0.2, -0.15) is 13.2 Å². The van der Waals surface area contributed by atoms with E-state index in [1.165, 1.54) is 25.3 Å². The lowest BCUT2D eigenvalue weighted by molar-refractivity contribution is -0.126. The maximum Gasteiger partial charge on any atom is 0.401 e. The Labute approximate surface area is 102 Å². The van der Waals surface area contributed by atoms with Crippen LogP contribution in [0.3, 0.4) is 0 Å². The Morgan fingerprint density at radius 2 is 2.06 bits per heavy atom. The molecule has 0 fully saturated rings. The monoisotopic (exact) mass is 265 g/mol. The van der Waals surface area contributed by atoms with E-state index in [-0.39, 0.29) is 11.5 Å². The molecule has 0 radical (unpaired) electrons. The lowest BCUT2D eigenvalue weighted by atomic mass is 10.1. The van der Waals surface area contributed by atoms with Crippen molar-refractivity contribution < 1.29 is 28.1 Å².